The first-order chi connectivity index (χ1) is 13.1. The average Bonchev–Trinajstić information content (AvgIpc) is 3.16. The Bertz CT molecular complexity index is 825. The monoisotopic (exact) mass is 388 g/mol. The van der Waals surface area contributed by atoms with E-state index in [1.54, 1.807) is 41.5 Å². The summed E-state index contributed by atoms with van der Waals surface area (Å²) in [4.78, 5) is 14.1. The number of amides is 1. The van der Waals surface area contributed by atoms with Gasteiger partial charge in [-0.05, 0) is 42.8 Å². The predicted molar refractivity (Wildman–Crippen MR) is 103 cm³/mol. The van der Waals surface area contributed by atoms with Crippen LogP contribution in [0.5, 0.6) is 11.5 Å². The van der Waals surface area contributed by atoms with Gasteiger partial charge in [0.2, 0.25) is 5.91 Å². The van der Waals surface area contributed by atoms with Crippen molar-refractivity contribution < 1.29 is 18.7 Å². The number of carbonyl (C=O) groups is 1. The zero-order chi connectivity index (χ0) is 19.6. The van der Waals surface area contributed by atoms with Crippen molar-refractivity contribution in [1.82, 2.24) is 4.90 Å². The molecule has 1 amide bonds. The molecule has 0 saturated carbocycles. The molecule has 142 valence electrons. The third-order valence-electron chi connectivity index (χ3n) is 3.69. The van der Waals surface area contributed by atoms with Gasteiger partial charge in [0.1, 0.15) is 5.76 Å². The molecule has 27 heavy (non-hydrogen) atoms. The van der Waals surface area contributed by atoms with Gasteiger partial charge in [0.25, 0.3) is 0 Å². The lowest BCUT2D eigenvalue weighted by atomic mass is 10.1. The summed E-state index contributed by atoms with van der Waals surface area (Å²) in [7, 11) is 1.52. The first-order valence-electron chi connectivity index (χ1n) is 8.45. The summed E-state index contributed by atoms with van der Waals surface area (Å²) in [6.45, 7) is 2.93. The molecule has 0 N–H and O–H groups in total. The van der Waals surface area contributed by atoms with E-state index in [0.29, 0.717) is 47.5 Å². The fraction of sp³-hybridized carbons (Fsp3) is 0.300. The van der Waals surface area contributed by atoms with Gasteiger partial charge < -0.3 is 18.8 Å². The molecule has 0 aliphatic rings. The van der Waals surface area contributed by atoms with Crippen molar-refractivity contribution in [2.75, 3.05) is 20.3 Å². The molecule has 0 unspecified atom stereocenters. The van der Waals surface area contributed by atoms with Crippen LogP contribution in [0.15, 0.2) is 41.0 Å². The first-order valence-corrected chi connectivity index (χ1v) is 8.83. The van der Waals surface area contributed by atoms with E-state index in [4.69, 9.17) is 30.8 Å². The number of hydrogen-bond acceptors (Lipinski definition) is 5. The molecule has 0 aliphatic heterocycles. The smallest absolute Gasteiger partial charge is 0.247 e. The summed E-state index contributed by atoms with van der Waals surface area (Å²) in [6, 6.07) is 9.04. The van der Waals surface area contributed by atoms with Crippen molar-refractivity contribution in [3.05, 3.63) is 53.0 Å². The van der Waals surface area contributed by atoms with Crippen LogP contribution in [-0.4, -0.2) is 31.1 Å². The number of methoxy groups -OCH3 is 1. The topological polar surface area (TPSA) is 75.7 Å². The van der Waals surface area contributed by atoms with E-state index in [1.165, 1.54) is 13.2 Å². The van der Waals surface area contributed by atoms with Crippen LogP contribution in [0.4, 0.5) is 0 Å². The third-order valence-corrected chi connectivity index (χ3v) is 3.97. The molecular weight excluding hydrogens is 368 g/mol. The quantitative estimate of drug-likeness (QED) is 0.599. The van der Waals surface area contributed by atoms with Crippen LogP contribution in [0.2, 0.25) is 5.02 Å². The van der Waals surface area contributed by atoms with Gasteiger partial charge in [0.15, 0.2) is 11.5 Å². The fourth-order valence-corrected chi connectivity index (χ4v) is 2.76. The van der Waals surface area contributed by atoms with Gasteiger partial charge in [-0.25, -0.2) is 0 Å². The summed E-state index contributed by atoms with van der Waals surface area (Å²) in [6.07, 6.45) is 4.88. The van der Waals surface area contributed by atoms with Gasteiger partial charge in [0, 0.05) is 12.6 Å². The predicted octanol–water partition coefficient (Wildman–Crippen LogP) is 4.30. The molecule has 0 atom stereocenters. The van der Waals surface area contributed by atoms with Gasteiger partial charge in [0.05, 0.1) is 44.0 Å². The second kappa shape index (κ2) is 10.3. The van der Waals surface area contributed by atoms with Gasteiger partial charge in [-0.2, -0.15) is 5.26 Å². The highest BCUT2D eigenvalue weighted by Gasteiger charge is 2.14. The molecule has 0 saturated heterocycles. The highest BCUT2D eigenvalue weighted by molar-refractivity contribution is 6.32. The number of benzene rings is 1. The lowest BCUT2D eigenvalue weighted by Crippen LogP contribution is -2.29. The Balaban J connectivity index is 2.18. The molecule has 2 rings (SSSR count). The van der Waals surface area contributed by atoms with Gasteiger partial charge >= 0.3 is 0 Å². The molecule has 7 heteroatoms. The van der Waals surface area contributed by atoms with E-state index in [2.05, 4.69) is 6.07 Å². The second-order valence-corrected chi connectivity index (χ2v) is 5.95. The Morgan fingerprint density at radius 1 is 1.44 bits per heavy atom. The minimum absolute atomic E-state index is 0.230. The molecule has 0 radical (unpaired) electrons. The Hall–Kier alpha value is -2.91. The summed E-state index contributed by atoms with van der Waals surface area (Å²) in [5, 5.41) is 9.22. The molecule has 1 heterocycles. The van der Waals surface area contributed by atoms with Crippen LogP contribution >= 0.6 is 11.6 Å². The number of ether oxygens (including phenoxy) is 2. The van der Waals surface area contributed by atoms with Crippen molar-refractivity contribution in [3.8, 4) is 17.6 Å². The third kappa shape index (κ3) is 5.80. The zero-order valence-electron chi connectivity index (χ0n) is 15.3. The largest absolute Gasteiger partial charge is 0.491 e. The SMILES string of the molecule is CCOc1cc(C=CC(=O)N(CCC#N)Cc2ccco2)cc(Cl)c1OC. The number of hydrogen-bond donors (Lipinski definition) is 0. The second-order valence-electron chi connectivity index (χ2n) is 5.55. The summed E-state index contributed by atoms with van der Waals surface area (Å²) >= 11 is 6.23. The van der Waals surface area contributed by atoms with Crippen molar-refractivity contribution >= 4 is 23.6 Å². The summed E-state index contributed by atoms with van der Waals surface area (Å²) in [5.41, 5.74) is 0.704. The van der Waals surface area contributed by atoms with Crippen LogP contribution in [-0.2, 0) is 11.3 Å². The Morgan fingerprint density at radius 2 is 2.26 bits per heavy atom. The maximum atomic E-state index is 12.6. The van der Waals surface area contributed by atoms with Crippen LogP contribution < -0.4 is 9.47 Å². The molecule has 0 fully saturated rings. The van der Waals surface area contributed by atoms with E-state index < -0.39 is 0 Å². The molecule has 6 nitrogen and oxygen atoms in total. The molecule has 2 aromatic rings. The van der Waals surface area contributed by atoms with Gasteiger partial charge in [-0.15, -0.1) is 0 Å². The van der Waals surface area contributed by atoms with Gasteiger partial charge in [-0.1, -0.05) is 11.6 Å². The van der Waals surface area contributed by atoms with E-state index in [9.17, 15) is 4.79 Å². The summed E-state index contributed by atoms with van der Waals surface area (Å²) < 4.78 is 16.1. The standard InChI is InChI=1S/C20H21ClN2O4/c1-3-26-18-13-15(12-17(21)20(18)25-2)7-8-19(24)23(10-5-9-22)14-16-6-4-11-27-16/h4,6-8,11-13H,3,5,10,14H2,1-2H3. The molecule has 1 aromatic carbocycles. The van der Waals surface area contributed by atoms with Crippen LogP contribution in [0.3, 0.4) is 0 Å². The maximum Gasteiger partial charge on any atom is 0.247 e. The molecular formula is C20H21ClN2O4. The minimum atomic E-state index is -0.230. The lowest BCUT2D eigenvalue weighted by Gasteiger charge is -2.18. The molecule has 1 aromatic heterocycles. The van der Waals surface area contributed by atoms with Crippen molar-refractivity contribution in [2.24, 2.45) is 0 Å². The number of carbonyl (C=O) groups excluding carboxylic acids is 1. The van der Waals surface area contributed by atoms with Gasteiger partial charge in [-0.3, -0.25) is 4.79 Å². The highest BCUT2D eigenvalue weighted by Crippen LogP contribution is 2.36. The summed E-state index contributed by atoms with van der Waals surface area (Å²) in [5.74, 6) is 1.39. The zero-order valence-corrected chi connectivity index (χ0v) is 16.0. The van der Waals surface area contributed by atoms with Crippen LogP contribution in [0.1, 0.15) is 24.7 Å². The Labute approximate surface area is 163 Å². The van der Waals surface area contributed by atoms with E-state index in [0.717, 1.165) is 0 Å². The first kappa shape index (κ1) is 20.4. The maximum absolute atomic E-state index is 12.6. The van der Waals surface area contributed by atoms with Crippen LogP contribution in [0.25, 0.3) is 6.08 Å². The van der Waals surface area contributed by atoms with E-state index >= 15 is 0 Å². The van der Waals surface area contributed by atoms with Crippen molar-refractivity contribution in [3.63, 3.8) is 0 Å². The lowest BCUT2D eigenvalue weighted by molar-refractivity contribution is -0.126. The van der Waals surface area contributed by atoms with E-state index in [1.807, 2.05) is 6.92 Å². The number of nitrogens with zero attached hydrogens (tertiary/aromatic N) is 2. The average molecular weight is 389 g/mol. The minimum Gasteiger partial charge on any atom is -0.491 e. The van der Waals surface area contributed by atoms with Crippen LogP contribution in [0, 0.1) is 11.3 Å². The molecule has 0 aliphatic carbocycles. The number of halogens is 1. The Kier molecular flexibility index (Phi) is 7.78. The number of rotatable bonds is 9. The van der Waals surface area contributed by atoms with Crippen molar-refractivity contribution in [1.29, 1.82) is 5.26 Å². The molecule has 0 spiro atoms. The fourth-order valence-electron chi connectivity index (χ4n) is 2.46. The number of nitriles is 1. The van der Waals surface area contributed by atoms with E-state index in [-0.39, 0.29) is 12.3 Å². The normalized spacial score (nSPS) is 10.6. The Morgan fingerprint density at radius 3 is 2.89 bits per heavy atom. The van der Waals surface area contributed by atoms with Crippen molar-refractivity contribution in [2.45, 2.75) is 19.9 Å². The molecule has 0 bridgehead atoms. The highest BCUT2D eigenvalue weighted by atomic mass is 35.5. The number of furan rings is 1.